The molecular weight excluding hydrogens is 162 g/mol. The van der Waals surface area contributed by atoms with E-state index in [-0.39, 0.29) is 0 Å². The highest BCUT2D eigenvalue weighted by Gasteiger charge is 1.98. The van der Waals surface area contributed by atoms with Crippen LogP contribution in [0.15, 0.2) is 42.9 Å². The Morgan fingerprint density at radius 1 is 1.00 bits per heavy atom. The highest BCUT2D eigenvalue weighted by molar-refractivity contribution is 5.77. The van der Waals surface area contributed by atoms with Crippen molar-refractivity contribution in [3.8, 4) is 0 Å². The van der Waals surface area contributed by atoms with E-state index in [4.69, 9.17) is 0 Å². The first-order chi connectivity index (χ1) is 6.45. The predicted molar refractivity (Wildman–Crippen MR) is 50.5 cm³/mol. The standard InChI is InChI=1S/C10H7N3/c1-2-9-8(11-5-1)3-4-10-12-6-7-13(9)10/h1-7H. The summed E-state index contributed by atoms with van der Waals surface area (Å²) in [5.41, 5.74) is 3.05. The van der Waals surface area contributed by atoms with Crippen LogP contribution in [-0.2, 0) is 0 Å². The topological polar surface area (TPSA) is 30.2 Å². The van der Waals surface area contributed by atoms with Crippen LogP contribution >= 0.6 is 0 Å². The summed E-state index contributed by atoms with van der Waals surface area (Å²) in [7, 11) is 0. The fourth-order valence-corrected chi connectivity index (χ4v) is 1.54. The highest BCUT2D eigenvalue weighted by Crippen LogP contribution is 2.12. The van der Waals surface area contributed by atoms with Gasteiger partial charge in [0.15, 0.2) is 0 Å². The Labute approximate surface area is 74.7 Å². The van der Waals surface area contributed by atoms with Crippen molar-refractivity contribution in [3.63, 3.8) is 0 Å². The molecule has 3 nitrogen and oxygen atoms in total. The van der Waals surface area contributed by atoms with Crippen molar-refractivity contribution in [1.82, 2.24) is 14.4 Å². The summed E-state index contributed by atoms with van der Waals surface area (Å²) < 4.78 is 2.03. The predicted octanol–water partition coefficient (Wildman–Crippen LogP) is 1.88. The van der Waals surface area contributed by atoms with Crippen LogP contribution in [0.25, 0.3) is 16.7 Å². The molecule has 0 radical (unpaired) electrons. The van der Waals surface area contributed by atoms with Crippen molar-refractivity contribution in [2.24, 2.45) is 0 Å². The quantitative estimate of drug-likeness (QED) is 0.514. The van der Waals surface area contributed by atoms with E-state index in [0.29, 0.717) is 0 Å². The van der Waals surface area contributed by atoms with Crippen molar-refractivity contribution < 1.29 is 0 Å². The highest BCUT2D eigenvalue weighted by atomic mass is 15.0. The molecule has 0 N–H and O–H groups in total. The zero-order chi connectivity index (χ0) is 8.67. The number of rotatable bonds is 0. The normalized spacial score (nSPS) is 11.1. The van der Waals surface area contributed by atoms with Crippen molar-refractivity contribution in [3.05, 3.63) is 42.9 Å². The molecule has 0 aromatic carbocycles. The molecule has 3 heteroatoms. The van der Waals surface area contributed by atoms with E-state index in [1.165, 1.54) is 0 Å². The lowest BCUT2D eigenvalue weighted by Crippen LogP contribution is -1.87. The minimum Gasteiger partial charge on any atom is -0.298 e. The summed E-state index contributed by atoms with van der Waals surface area (Å²) in [6.45, 7) is 0. The summed E-state index contributed by atoms with van der Waals surface area (Å²) in [5, 5.41) is 0. The molecule has 3 aromatic rings. The Morgan fingerprint density at radius 2 is 2.00 bits per heavy atom. The average molecular weight is 169 g/mol. The molecule has 0 unspecified atom stereocenters. The first-order valence-electron chi connectivity index (χ1n) is 4.12. The Balaban J connectivity index is 2.65. The van der Waals surface area contributed by atoms with E-state index in [1.54, 1.807) is 12.4 Å². The van der Waals surface area contributed by atoms with Gasteiger partial charge >= 0.3 is 0 Å². The fourth-order valence-electron chi connectivity index (χ4n) is 1.54. The van der Waals surface area contributed by atoms with Gasteiger partial charge in [0.25, 0.3) is 0 Å². The second-order valence-electron chi connectivity index (χ2n) is 2.90. The van der Waals surface area contributed by atoms with Gasteiger partial charge in [0.2, 0.25) is 0 Å². The van der Waals surface area contributed by atoms with Gasteiger partial charge in [0.1, 0.15) is 5.65 Å². The minimum atomic E-state index is 0.959. The van der Waals surface area contributed by atoms with Crippen LogP contribution in [0, 0.1) is 0 Å². The molecule has 0 bridgehead atoms. The van der Waals surface area contributed by atoms with Gasteiger partial charge in [0.05, 0.1) is 11.0 Å². The minimum absolute atomic E-state index is 0.959. The molecule has 0 atom stereocenters. The lowest BCUT2D eigenvalue weighted by Gasteiger charge is -1.99. The fraction of sp³-hybridized carbons (Fsp3) is 0. The van der Waals surface area contributed by atoms with Gasteiger partial charge in [-0.25, -0.2) is 4.98 Å². The van der Waals surface area contributed by atoms with Crippen molar-refractivity contribution in [2.45, 2.75) is 0 Å². The van der Waals surface area contributed by atoms with Crippen LogP contribution in [0.2, 0.25) is 0 Å². The maximum atomic E-state index is 4.26. The lowest BCUT2D eigenvalue weighted by molar-refractivity contribution is 1.23. The number of hydrogen-bond acceptors (Lipinski definition) is 2. The van der Waals surface area contributed by atoms with Crippen LogP contribution in [0.4, 0.5) is 0 Å². The molecule has 0 amide bonds. The number of fused-ring (bicyclic) bond motifs is 3. The smallest absolute Gasteiger partial charge is 0.137 e. The number of hydrogen-bond donors (Lipinski definition) is 0. The van der Waals surface area contributed by atoms with Gasteiger partial charge < -0.3 is 0 Å². The summed E-state index contributed by atoms with van der Waals surface area (Å²) in [6, 6.07) is 7.92. The van der Waals surface area contributed by atoms with E-state index in [1.807, 2.05) is 34.9 Å². The van der Waals surface area contributed by atoms with E-state index >= 15 is 0 Å². The molecule has 0 saturated carbocycles. The van der Waals surface area contributed by atoms with Gasteiger partial charge in [-0.05, 0) is 24.3 Å². The molecular formula is C10H7N3. The monoisotopic (exact) mass is 169 g/mol. The third-order valence-electron chi connectivity index (χ3n) is 2.14. The SMILES string of the molecule is c1cnc2ccc3nccn3c2c1. The first-order valence-corrected chi connectivity index (χ1v) is 4.12. The van der Waals surface area contributed by atoms with Crippen LogP contribution < -0.4 is 0 Å². The molecule has 0 aliphatic heterocycles. The van der Waals surface area contributed by atoms with Gasteiger partial charge in [-0.15, -0.1) is 0 Å². The molecule has 0 fully saturated rings. The number of imidazole rings is 1. The maximum Gasteiger partial charge on any atom is 0.137 e. The van der Waals surface area contributed by atoms with Gasteiger partial charge in [-0.2, -0.15) is 0 Å². The van der Waals surface area contributed by atoms with Crippen molar-refractivity contribution in [2.75, 3.05) is 0 Å². The first kappa shape index (κ1) is 6.60. The Bertz CT molecular complexity index is 568. The molecule has 13 heavy (non-hydrogen) atoms. The van der Waals surface area contributed by atoms with Crippen LogP contribution in [0.3, 0.4) is 0 Å². The van der Waals surface area contributed by atoms with Gasteiger partial charge in [-0.1, -0.05) is 0 Å². The Hall–Kier alpha value is -1.90. The molecule has 62 valence electrons. The van der Waals surface area contributed by atoms with E-state index in [0.717, 1.165) is 16.7 Å². The average Bonchev–Trinajstić information content (AvgIpc) is 2.65. The molecule has 0 saturated heterocycles. The summed E-state index contributed by atoms with van der Waals surface area (Å²) in [6.07, 6.45) is 5.53. The third kappa shape index (κ3) is 0.839. The third-order valence-corrected chi connectivity index (χ3v) is 2.14. The second-order valence-corrected chi connectivity index (χ2v) is 2.90. The largest absolute Gasteiger partial charge is 0.298 e. The summed E-state index contributed by atoms with van der Waals surface area (Å²) >= 11 is 0. The summed E-state index contributed by atoms with van der Waals surface area (Å²) in [5.74, 6) is 0. The van der Waals surface area contributed by atoms with Crippen LogP contribution in [0.1, 0.15) is 0 Å². The van der Waals surface area contributed by atoms with E-state index in [2.05, 4.69) is 9.97 Å². The number of pyridine rings is 2. The van der Waals surface area contributed by atoms with Gasteiger partial charge in [-0.3, -0.25) is 9.38 Å². The maximum absolute atomic E-state index is 4.26. The van der Waals surface area contributed by atoms with E-state index < -0.39 is 0 Å². The molecule has 3 heterocycles. The Morgan fingerprint density at radius 3 is 3.00 bits per heavy atom. The molecule has 0 spiro atoms. The summed E-state index contributed by atoms with van der Waals surface area (Å²) in [4.78, 5) is 8.47. The zero-order valence-electron chi connectivity index (χ0n) is 6.88. The number of aromatic nitrogens is 3. The second kappa shape index (κ2) is 2.29. The van der Waals surface area contributed by atoms with Crippen molar-refractivity contribution >= 4 is 16.7 Å². The number of nitrogens with zero attached hydrogens (tertiary/aromatic N) is 3. The molecule has 0 aliphatic carbocycles. The molecule has 0 aliphatic rings. The Kier molecular flexibility index (Phi) is 1.16. The van der Waals surface area contributed by atoms with Crippen LogP contribution in [-0.4, -0.2) is 14.4 Å². The van der Waals surface area contributed by atoms with Crippen molar-refractivity contribution in [1.29, 1.82) is 0 Å². The lowest BCUT2D eigenvalue weighted by atomic mass is 10.3. The molecule has 3 rings (SSSR count). The van der Waals surface area contributed by atoms with Gasteiger partial charge in [0, 0.05) is 18.6 Å². The zero-order valence-corrected chi connectivity index (χ0v) is 6.88. The van der Waals surface area contributed by atoms with E-state index in [9.17, 15) is 0 Å². The van der Waals surface area contributed by atoms with Crippen LogP contribution in [0.5, 0.6) is 0 Å². The molecule has 3 aromatic heterocycles.